The number of ketones is 1. The van der Waals surface area contributed by atoms with Crippen LogP contribution < -0.4 is 0 Å². The summed E-state index contributed by atoms with van der Waals surface area (Å²) in [6.45, 7) is 5.40. The molecule has 4 atom stereocenters. The number of carbonyl (C=O) groups excluding carboxylic acids is 1. The second-order valence-corrected chi connectivity index (χ2v) is 6.17. The van der Waals surface area contributed by atoms with E-state index in [0.29, 0.717) is 12.0 Å². The van der Waals surface area contributed by atoms with Crippen LogP contribution in [-0.4, -0.2) is 27.7 Å². The largest absolute Gasteiger partial charge is 0.390 e. The minimum atomic E-state index is -0.775. The first-order chi connectivity index (χ1) is 7.77. The van der Waals surface area contributed by atoms with Gasteiger partial charge in [-0.25, -0.2) is 0 Å². The summed E-state index contributed by atoms with van der Waals surface area (Å²) < 4.78 is 0. The lowest BCUT2D eigenvalue weighted by atomic mass is 9.54. The summed E-state index contributed by atoms with van der Waals surface area (Å²) in [4.78, 5) is 11.5. The molecule has 1 fully saturated rings. The van der Waals surface area contributed by atoms with Crippen molar-refractivity contribution in [1.82, 2.24) is 0 Å². The molecule has 0 radical (unpaired) electrons. The molecule has 0 unspecified atom stereocenters. The molecule has 2 rings (SSSR count). The van der Waals surface area contributed by atoms with Gasteiger partial charge in [-0.1, -0.05) is 6.92 Å². The van der Waals surface area contributed by atoms with Gasteiger partial charge in [0.15, 0.2) is 5.78 Å². The molecule has 0 aromatic heterocycles. The number of carbonyl (C=O) groups is 1. The van der Waals surface area contributed by atoms with Crippen molar-refractivity contribution in [1.29, 1.82) is 0 Å². The van der Waals surface area contributed by atoms with Gasteiger partial charge in [0.2, 0.25) is 0 Å². The summed E-state index contributed by atoms with van der Waals surface area (Å²) >= 11 is 0. The van der Waals surface area contributed by atoms with Gasteiger partial charge in [0, 0.05) is 5.41 Å². The van der Waals surface area contributed by atoms with Crippen molar-refractivity contribution in [2.24, 2.45) is 11.3 Å². The third kappa shape index (κ3) is 1.95. The predicted molar refractivity (Wildman–Crippen MR) is 65.5 cm³/mol. The molecule has 0 heterocycles. The minimum absolute atomic E-state index is 0.00692. The lowest BCUT2D eigenvalue weighted by molar-refractivity contribution is -0.135. The zero-order chi connectivity index (χ0) is 12.8. The lowest BCUT2D eigenvalue weighted by Crippen LogP contribution is -2.55. The molecule has 0 aliphatic heterocycles. The molecule has 0 bridgehead atoms. The maximum atomic E-state index is 11.5. The third-order valence-corrected chi connectivity index (χ3v) is 4.86. The number of aliphatic hydroxyl groups is 2. The first kappa shape index (κ1) is 12.8. The fourth-order valence-electron chi connectivity index (χ4n) is 3.62. The summed E-state index contributed by atoms with van der Waals surface area (Å²) in [6.07, 6.45) is 4.27. The molecule has 0 saturated heterocycles. The van der Waals surface area contributed by atoms with Gasteiger partial charge in [-0.15, -0.1) is 0 Å². The van der Waals surface area contributed by atoms with Crippen LogP contribution in [0.2, 0.25) is 0 Å². The smallest absolute Gasteiger partial charge is 0.155 e. The standard InChI is InChI=1S/C14H22O3/c1-9(15)10-7-11-13(2,12(16)8-10)5-4-6-14(11,3)17/h8,11-12,16-17H,4-7H2,1-3H3/t11-,12+,13-,14+/m1/s1. The summed E-state index contributed by atoms with van der Waals surface area (Å²) in [7, 11) is 0. The van der Waals surface area contributed by atoms with E-state index in [4.69, 9.17) is 0 Å². The molecule has 17 heavy (non-hydrogen) atoms. The van der Waals surface area contributed by atoms with Crippen LogP contribution in [-0.2, 0) is 4.79 Å². The van der Waals surface area contributed by atoms with Crippen molar-refractivity contribution in [3.8, 4) is 0 Å². The molecule has 0 amide bonds. The molecule has 0 aromatic rings. The van der Waals surface area contributed by atoms with E-state index in [-0.39, 0.29) is 17.1 Å². The molecule has 0 aromatic carbocycles. The van der Waals surface area contributed by atoms with E-state index in [1.807, 2.05) is 13.8 Å². The second kappa shape index (κ2) is 3.92. The van der Waals surface area contributed by atoms with E-state index < -0.39 is 11.7 Å². The SMILES string of the molecule is CC(=O)C1=C[C@H](O)[C@]2(C)CCC[C@](C)(O)[C@@H]2C1. The average molecular weight is 238 g/mol. The molecule has 1 saturated carbocycles. The number of aliphatic hydroxyl groups excluding tert-OH is 1. The van der Waals surface area contributed by atoms with Crippen molar-refractivity contribution >= 4 is 5.78 Å². The van der Waals surface area contributed by atoms with Crippen LogP contribution in [0.15, 0.2) is 11.6 Å². The van der Waals surface area contributed by atoms with Crippen molar-refractivity contribution in [3.63, 3.8) is 0 Å². The first-order valence-corrected chi connectivity index (χ1v) is 6.39. The quantitative estimate of drug-likeness (QED) is 0.732. The van der Waals surface area contributed by atoms with E-state index in [0.717, 1.165) is 19.3 Å². The molecular weight excluding hydrogens is 216 g/mol. The Morgan fingerprint density at radius 2 is 2.06 bits per heavy atom. The van der Waals surface area contributed by atoms with Crippen LogP contribution in [0.5, 0.6) is 0 Å². The van der Waals surface area contributed by atoms with Crippen molar-refractivity contribution < 1.29 is 15.0 Å². The Hall–Kier alpha value is -0.670. The van der Waals surface area contributed by atoms with Gasteiger partial charge in [-0.2, -0.15) is 0 Å². The summed E-state index contributed by atoms with van der Waals surface area (Å²) in [5.74, 6) is -0.0184. The fraction of sp³-hybridized carbons (Fsp3) is 0.786. The van der Waals surface area contributed by atoms with Crippen LogP contribution >= 0.6 is 0 Å². The van der Waals surface area contributed by atoms with E-state index in [9.17, 15) is 15.0 Å². The van der Waals surface area contributed by atoms with Gasteiger partial charge in [-0.3, -0.25) is 4.79 Å². The van der Waals surface area contributed by atoms with E-state index in [1.54, 1.807) is 6.08 Å². The monoisotopic (exact) mass is 238 g/mol. The van der Waals surface area contributed by atoms with E-state index in [2.05, 4.69) is 0 Å². The van der Waals surface area contributed by atoms with Crippen molar-refractivity contribution in [2.75, 3.05) is 0 Å². The summed E-state index contributed by atoms with van der Waals surface area (Å²) in [6, 6.07) is 0. The Morgan fingerprint density at radius 3 is 2.65 bits per heavy atom. The number of fused-ring (bicyclic) bond motifs is 1. The van der Waals surface area contributed by atoms with Gasteiger partial charge < -0.3 is 10.2 Å². The normalized spacial score (nSPS) is 46.1. The molecule has 3 nitrogen and oxygen atoms in total. The van der Waals surface area contributed by atoms with Gasteiger partial charge in [-0.05, 0) is 57.1 Å². The van der Waals surface area contributed by atoms with Gasteiger partial charge in [0.1, 0.15) is 0 Å². The average Bonchev–Trinajstić information content (AvgIpc) is 2.19. The second-order valence-electron chi connectivity index (χ2n) is 6.17. The highest BCUT2D eigenvalue weighted by Gasteiger charge is 2.53. The van der Waals surface area contributed by atoms with Gasteiger partial charge >= 0.3 is 0 Å². The summed E-state index contributed by atoms with van der Waals surface area (Å²) in [5, 5.41) is 20.8. The zero-order valence-electron chi connectivity index (χ0n) is 10.9. The highest BCUT2D eigenvalue weighted by atomic mass is 16.3. The minimum Gasteiger partial charge on any atom is -0.390 e. The molecule has 3 heteroatoms. The Bertz CT molecular complexity index is 370. The molecule has 2 aliphatic rings. The highest BCUT2D eigenvalue weighted by molar-refractivity contribution is 5.93. The van der Waals surface area contributed by atoms with Crippen LogP contribution in [0.1, 0.15) is 46.5 Å². The molecule has 96 valence electrons. The molecule has 0 spiro atoms. The number of rotatable bonds is 1. The zero-order valence-corrected chi connectivity index (χ0v) is 10.9. The first-order valence-electron chi connectivity index (χ1n) is 6.39. The van der Waals surface area contributed by atoms with Crippen molar-refractivity contribution in [3.05, 3.63) is 11.6 Å². The highest BCUT2D eigenvalue weighted by Crippen LogP contribution is 2.53. The van der Waals surface area contributed by atoms with Gasteiger partial charge in [0.25, 0.3) is 0 Å². The maximum absolute atomic E-state index is 11.5. The van der Waals surface area contributed by atoms with Crippen LogP contribution in [0.4, 0.5) is 0 Å². The number of hydrogen-bond donors (Lipinski definition) is 2. The Morgan fingerprint density at radius 1 is 1.41 bits per heavy atom. The number of Topliss-reactive ketones (excluding diaryl/α,β-unsaturated/α-hetero) is 1. The molecule has 2 aliphatic carbocycles. The van der Waals surface area contributed by atoms with Crippen molar-refractivity contribution in [2.45, 2.75) is 58.2 Å². The number of hydrogen-bond acceptors (Lipinski definition) is 3. The summed E-state index contributed by atoms with van der Waals surface area (Å²) in [5.41, 5.74) is -0.397. The Balaban J connectivity index is 2.40. The maximum Gasteiger partial charge on any atom is 0.155 e. The van der Waals surface area contributed by atoms with Crippen LogP contribution in [0, 0.1) is 11.3 Å². The van der Waals surface area contributed by atoms with Gasteiger partial charge in [0.05, 0.1) is 11.7 Å². The van der Waals surface area contributed by atoms with E-state index in [1.165, 1.54) is 6.92 Å². The Labute approximate surface area is 103 Å². The third-order valence-electron chi connectivity index (χ3n) is 4.86. The predicted octanol–water partition coefficient (Wildman–Crippen LogP) is 1.82. The molecular formula is C14H22O3. The van der Waals surface area contributed by atoms with Crippen LogP contribution in [0.3, 0.4) is 0 Å². The lowest BCUT2D eigenvalue weighted by Gasteiger charge is -2.53. The molecule has 2 N–H and O–H groups in total. The fourth-order valence-corrected chi connectivity index (χ4v) is 3.62. The van der Waals surface area contributed by atoms with E-state index >= 15 is 0 Å². The topological polar surface area (TPSA) is 57.5 Å². The number of allylic oxidation sites excluding steroid dienone is 1. The van der Waals surface area contributed by atoms with Crippen LogP contribution in [0.25, 0.3) is 0 Å². The Kier molecular flexibility index (Phi) is 2.95.